The standard InChI is InChI=1S/C23H26N2O3/c1-24(2)17-15-19-21(26-3)13-12-20(23(19)27-16-17)25-14-8-7-11-22(25)28-18-9-5-4-6-10-18/h4-13,17H,14-16H2,1-3H3/t17-/m1/s1. The number of rotatable bonds is 5. The molecule has 0 N–H and O–H groups in total. The summed E-state index contributed by atoms with van der Waals surface area (Å²) in [6.45, 7) is 1.38. The average molecular weight is 378 g/mol. The molecule has 4 rings (SSSR count). The fraction of sp³-hybridized carbons (Fsp3) is 0.304. The van der Waals surface area contributed by atoms with Crippen LogP contribution in [0.1, 0.15) is 5.56 Å². The van der Waals surface area contributed by atoms with E-state index in [4.69, 9.17) is 14.2 Å². The third kappa shape index (κ3) is 3.58. The highest BCUT2D eigenvalue weighted by atomic mass is 16.5. The van der Waals surface area contributed by atoms with Crippen LogP contribution in [0.2, 0.25) is 0 Å². The largest absolute Gasteiger partial charge is 0.496 e. The van der Waals surface area contributed by atoms with Crippen LogP contribution in [-0.4, -0.2) is 45.3 Å². The summed E-state index contributed by atoms with van der Waals surface area (Å²) in [5, 5.41) is 0. The third-order valence-electron chi connectivity index (χ3n) is 5.19. The van der Waals surface area contributed by atoms with Gasteiger partial charge in [0.2, 0.25) is 5.88 Å². The number of hydrogen-bond acceptors (Lipinski definition) is 5. The Morgan fingerprint density at radius 2 is 1.93 bits per heavy atom. The number of likely N-dealkylation sites (N-methyl/N-ethyl adjacent to an activating group) is 1. The fourth-order valence-corrected chi connectivity index (χ4v) is 3.57. The molecule has 2 aliphatic rings. The van der Waals surface area contributed by atoms with Gasteiger partial charge in [-0.3, -0.25) is 0 Å². The molecule has 2 aliphatic heterocycles. The maximum atomic E-state index is 6.25. The number of allylic oxidation sites excluding steroid dienone is 2. The van der Waals surface area contributed by atoms with Crippen molar-refractivity contribution >= 4 is 5.69 Å². The summed E-state index contributed by atoms with van der Waals surface area (Å²) >= 11 is 0. The highest BCUT2D eigenvalue weighted by Gasteiger charge is 2.29. The lowest BCUT2D eigenvalue weighted by Crippen LogP contribution is -2.39. The van der Waals surface area contributed by atoms with E-state index in [0.717, 1.165) is 47.3 Å². The van der Waals surface area contributed by atoms with Crippen LogP contribution < -0.4 is 19.1 Å². The molecule has 0 spiro atoms. The molecule has 0 bridgehead atoms. The Kier molecular flexibility index (Phi) is 5.26. The number of hydrogen-bond donors (Lipinski definition) is 0. The summed E-state index contributed by atoms with van der Waals surface area (Å²) in [5.74, 6) is 3.34. The van der Waals surface area contributed by atoms with E-state index >= 15 is 0 Å². The van der Waals surface area contributed by atoms with E-state index in [1.807, 2.05) is 48.6 Å². The van der Waals surface area contributed by atoms with Crippen LogP contribution in [0.4, 0.5) is 5.69 Å². The topological polar surface area (TPSA) is 34.2 Å². The summed E-state index contributed by atoms with van der Waals surface area (Å²) in [4.78, 5) is 4.34. The number of para-hydroxylation sites is 1. The van der Waals surface area contributed by atoms with E-state index in [9.17, 15) is 0 Å². The maximum Gasteiger partial charge on any atom is 0.200 e. The lowest BCUT2D eigenvalue weighted by atomic mass is 9.99. The van der Waals surface area contributed by atoms with Crippen molar-refractivity contribution in [3.63, 3.8) is 0 Å². The van der Waals surface area contributed by atoms with Crippen LogP contribution in [-0.2, 0) is 6.42 Å². The smallest absolute Gasteiger partial charge is 0.200 e. The van der Waals surface area contributed by atoms with Crippen LogP contribution in [0.15, 0.2) is 66.6 Å². The predicted octanol–water partition coefficient (Wildman–Crippen LogP) is 3.86. The fourth-order valence-electron chi connectivity index (χ4n) is 3.57. The van der Waals surface area contributed by atoms with Crippen molar-refractivity contribution in [3.05, 3.63) is 72.1 Å². The molecule has 0 saturated carbocycles. The zero-order valence-electron chi connectivity index (χ0n) is 16.6. The second-order valence-electron chi connectivity index (χ2n) is 7.19. The molecule has 146 valence electrons. The van der Waals surface area contributed by atoms with Gasteiger partial charge >= 0.3 is 0 Å². The molecule has 5 heteroatoms. The first-order valence-electron chi connectivity index (χ1n) is 9.53. The highest BCUT2D eigenvalue weighted by molar-refractivity contribution is 5.69. The van der Waals surface area contributed by atoms with Gasteiger partial charge < -0.3 is 24.0 Å². The Morgan fingerprint density at radius 3 is 2.68 bits per heavy atom. The molecule has 0 amide bonds. The minimum atomic E-state index is 0.327. The Balaban J connectivity index is 1.69. The first kappa shape index (κ1) is 18.4. The van der Waals surface area contributed by atoms with Crippen LogP contribution in [0.3, 0.4) is 0 Å². The van der Waals surface area contributed by atoms with Crippen molar-refractivity contribution in [2.75, 3.05) is 39.3 Å². The number of anilines is 1. The normalized spacial score (nSPS) is 18.4. The van der Waals surface area contributed by atoms with E-state index in [1.165, 1.54) is 0 Å². The Labute approximate surface area is 166 Å². The molecule has 1 atom stereocenters. The molecule has 5 nitrogen and oxygen atoms in total. The van der Waals surface area contributed by atoms with Gasteiger partial charge in [-0.15, -0.1) is 0 Å². The molecule has 0 fully saturated rings. The molecule has 2 aromatic rings. The summed E-state index contributed by atoms with van der Waals surface area (Å²) in [5.41, 5.74) is 2.11. The number of nitrogens with zero attached hydrogens (tertiary/aromatic N) is 2. The van der Waals surface area contributed by atoms with E-state index in [-0.39, 0.29) is 0 Å². The van der Waals surface area contributed by atoms with Gasteiger partial charge in [0.1, 0.15) is 23.9 Å². The summed E-state index contributed by atoms with van der Waals surface area (Å²) in [6.07, 6.45) is 7.01. The molecule has 28 heavy (non-hydrogen) atoms. The van der Waals surface area contributed by atoms with Gasteiger partial charge in [0.05, 0.1) is 12.8 Å². The minimum absolute atomic E-state index is 0.327. The Morgan fingerprint density at radius 1 is 1.11 bits per heavy atom. The molecule has 0 radical (unpaired) electrons. The molecular formula is C23H26N2O3. The molecule has 2 heterocycles. The summed E-state index contributed by atoms with van der Waals surface area (Å²) < 4.78 is 18.1. The third-order valence-corrected chi connectivity index (χ3v) is 5.19. The molecule has 0 aliphatic carbocycles. The van der Waals surface area contributed by atoms with Crippen molar-refractivity contribution in [1.82, 2.24) is 4.90 Å². The van der Waals surface area contributed by atoms with E-state index < -0.39 is 0 Å². The van der Waals surface area contributed by atoms with Crippen molar-refractivity contribution in [2.45, 2.75) is 12.5 Å². The van der Waals surface area contributed by atoms with Crippen molar-refractivity contribution < 1.29 is 14.2 Å². The summed E-state index contributed by atoms with van der Waals surface area (Å²) in [6, 6.07) is 14.2. The van der Waals surface area contributed by atoms with Gasteiger partial charge in [-0.1, -0.05) is 30.4 Å². The molecule has 0 aromatic heterocycles. The molecule has 2 aromatic carbocycles. The van der Waals surface area contributed by atoms with Crippen molar-refractivity contribution in [3.8, 4) is 17.2 Å². The number of methoxy groups -OCH3 is 1. The second-order valence-corrected chi connectivity index (χ2v) is 7.19. The van der Waals surface area contributed by atoms with Gasteiger partial charge in [-0.2, -0.15) is 0 Å². The Bertz CT molecular complexity index is 890. The highest BCUT2D eigenvalue weighted by Crippen LogP contribution is 2.43. The first-order chi connectivity index (χ1) is 13.7. The number of benzene rings is 2. The van der Waals surface area contributed by atoms with Gasteiger partial charge in [-0.05, 0) is 50.9 Å². The monoisotopic (exact) mass is 378 g/mol. The van der Waals surface area contributed by atoms with E-state index in [1.54, 1.807) is 7.11 Å². The van der Waals surface area contributed by atoms with Gasteiger partial charge in [0.25, 0.3) is 0 Å². The number of ether oxygens (including phenoxy) is 3. The van der Waals surface area contributed by atoms with Crippen molar-refractivity contribution in [1.29, 1.82) is 0 Å². The van der Waals surface area contributed by atoms with Gasteiger partial charge in [-0.25, -0.2) is 0 Å². The zero-order valence-corrected chi connectivity index (χ0v) is 16.6. The van der Waals surface area contributed by atoms with E-state index in [0.29, 0.717) is 12.6 Å². The first-order valence-corrected chi connectivity index (χ1v) is 9.53. The Hall–Kier alpha value is -2.92. The lowest BCUT2D eigenvalue weighted by molar-refractivity contribution is 0.163. The van der Waals surface area contributed by atoms with Crippen LogP contribution >= 0.6 is 0 Å². The molecule has 0 saturated heterocycles. The molecule has 0 unspecified atom stereocenters. The minimum Gasteiger partial charge on any atom is -0.496 e. The van der Waals surface area contributed by atoms with Crippen LogP contribution in [0.25, 0.3) is 0 Å². The maximum absolute atomic E-state index is 6.25. The van der Waals surface area contributed by atoms with Crippen molar-refractivity contribution in [2.24, 2.45) is 0 Å². The van der Waals surface area contributed by atoms with Gasteiger partial charge in [0.15, 0.2) is 0 Å². The quantitative estimate of drug-likeness (QED) is 0.789. The summed E-state index contributed by atoms with van der Waals surface area (Å²) in [7, 11) is 5.88. The molecular weight excluding hydrogens is 352 g/mol. The van der Waals surface area contributed by atoms with E-state index in [2.05, 4.69) is 36.0 Å². The zero-order chi connectivity index (χ0) is 19.5. The van der Waals surface area contributed by atoms with Crippen LogP contribution in [0, 0.1) is 0 Å². The second kappa shape index (κ2) is 7.98. The lowest BCUT2D eigenvalue weighted by Gasteiger charge is -2.35. The predicted molar refractivity (Wildman–Crippen MR) is 111 cm³/mol. The SMILES string of the molecule is COc1ccc(N2CC=CC=C2Oc2ccccc2)c2c1C[C@@H](N(C)C)CO2. The number of fused-ring (bicyclic) bond motifs is 1. The average Bonchev–Trinajstić information content (AvgIpc) is 2.74. The van der Waals surface area contributed by atoms with Crippen LogP contribution in [0.5, 0.6) is 17.2 Å². The van der Waals surface area contributed by atoms with Gasteiger partial charge in [0, 0.05) is 18.2 Å².